The van der Waals surface area contributed by atoms with Gasteiger partial charge in [-0.05, 0) is 17.7 Å². The van der Waals surface area contributed by atoms with Crippen LogP contribution in [0.15, 0.2) is 24.3 Å². The van der Waals surface area contributed by atoms with Gasteiger partial charge in [-0.15, -0.1) is 0 Å². The molecule has 5 heteroatoms. The van der Waals surface area contributed by atoms with E-state index in [1.807, 2.05) is 24.3 Å². The first-order valence-corrected chi connectivity index (χ1v) is 6.83. The largest absolute Gasteiger partial charge is 0.356 e. The van der Waals surface area contributed by atoms with E-state index >= 15 is 0 Å². The zero-order valence-corrected chi connectivity index (χ0v) is 12.1. The minimum atomic E-state index is -0.0229. The minimum Gasteiger partial charge on any atom is -0.356 e. The van der Waals surface area contributed by atoms with Gasteiger partial charge in [-0.3, -0.25) is 0 Å². The van der Waals surface area contributed by atoms with Crippen LogP contribution >= 0.6 is 11.5 Å². The van der Waals surface area contributed by atoms with Crippen LogP contribution in [0.5, 0.6) is 0 Å². The minimum absolute atomic E-state index is 0.0229. The van der Waals surface area contributed by atoms with Crippen molar-refractivity contribution in [3.8, 4) is 6.07 Å². The van der Waals surface area contributed by atoms with Crippen LogP contribution in [0.2, 0.25) is 0 Å². The molecule has 0 bridgehead atoms. The second-order valence-electron chi connectivity index (χ2n) is 5.34. The summed E-state index contributed by atoms with van der Waals surface area (Å²) in [5.74, 6) is 0.861. The second kappa shape index (κ2) is 5.37. The third kappa shape index (κ3) is 3.52. The van der Waals surface area contributed by atoms with Gasteiger partial charge >= 0.3 is 0 Å². The van der Waals surface area contributed by atoms with Gasteiger partial charge in [0, 0.05) is 23.5 Å². The number of nitriles is 1. The van der Waals surface area contributed by atoms with E-state index in [1.165, 1.54) is 11.5 Å². The molecular formula is C14H16N4S. The summed E-state index contributed by atoms with van der Waals surface area (Å²) < 4.78 is 4.35. The van der Waals surface area contributed by atoms with Gasteiger partial charge in [-0.25, -0.2) is 4.98 Å². The number of hydrogen-bond donors (Lipinski definition) is 1. The topological polar surface area (TPSA) is 61.6 Å². The summed E-state index contributed by atoms with van der Waals surface area (Å²) in [5, 5.41) is 12.8. The van der Waals surface area contributed by atoms with Gasteiger partial charge in [0.15, 0.2) is 0 Å². The number of anilines is 1. The van der Waals surface area contributed by atoms with E-state index in [9.17, 15) is 0 Å². The van der Waals surface area contributed by atoms with Crippen molar-refractivity contribution in [1.29, 1.82) is 5.26 Å². The highest BCUT2D eigenvalue weighted by Gasteiger charge is 2.19. The molecule has 0 atom stereocenters. The van der Waals surface area contributed by atoms with E-state index in [0.29, 0.717) is 12.1 Å². The summed E-state index contributed by atoms with van der Waals surface area (Å²) in [5.41, 5.74) is 1.77. The molecule has 1 aromatic carbocycles. The van der Waals surface area contributed by atoms with Gasteiger partial charge in [0.2, 0.25) is 5.13 Å². The smallest absolute Gasteiger partial charge is 0.202 e. The first-order chi connectivity index (χ1) is 8.99. The van der Waals surface area contributed by atoms with Crippen molar-refractivity contribution in [2.24, 2.45) is 0 Å². The van der Waals surface area contributed by atoms with Crippen molar-refractivity contribution < 1.29 is 0 Å². The number of nitrogens with one attached hydrogen (secondary N) is 1. The van der Waals surface area contributed by atoms with Gasteiger partial charge in [0.05, 0.1) is 11.6 Å². The Hall–Kier alpha value is -1.93. The molecule has 0 aliphatic carbocycles. The molecular weight excluding hydrogens is 256 g/mol. The van der Waals surface area contributed by atoms with Crippen molar-refractivity contribution in [3.05, 3.63) is 41.2 Å². The zero-order valence-electron chi connectivity index (χ0n) is 11.3. The van der Waals surface area contributed by atoms with E-state index in [-0.39, 0.29) is 5.41 Å². The molecule has 4 nitrogen and oxygen atoms in total. The molecule has 2 rings (SSSR count). The first kappa shape index (κ1) is 13.5. The van der Waals surface area contributed by atoms with Gasteiger partial charge in [-0.1, -0.05) is 32.9 Å². The maximum absolute atomic E-state index is 8.73. The fourth-order valence-electron chi connectivity index (χ4n) is 1.47. The predicted octanol–water partition coefficient (Wildman–Crippen LogP) is 3.32. The lowest BCUT2D eigenvalue weighted by Crippen LogP contribution is -2.13. The number of rotatable bonds is 3. The maximum Gasteiger partial charge on any atom is 0.202 e. The Morgan fingerprint density at radius 3 is 2.47 bits per heavy atom. The van der Waals surface area contributed by atoms with Crippen LogP contribution in [0.3, 0.4) is 0 Å². The summed E-state index contributed by atoms with van der Waals surface area (Å²) >= 11 is 1.38. The summed E-state index contributed by atoms with van der Waals surface area (Å²) in [6.07, 6.45) is 0. The van der Waals surface area contributed by atoms with Crippen LogP contribution in [-0.2, 0) is 12.0 Å². The van der Waals surface area contributed by atoms with E-state index in [0.717, 1.165) is 16.5 Å². The highest BCUT2D eigenvalue weighted by Crippen LogP contribution is 2.23. The van der Waals surface area contributed by atoms with Crippen molar-refractivity contribution in [2.45, 2.75) is 32.7 Å². The van der Waals surface area contributed by atoms with Crippen LogP contribution in [0.4, 0.5) is 5.13 Å². The van der Waals surface area contributed by atoms with Crippen molar-refractivity contribution in [3.63, 3.8) is 0 Å². The lowest BCUT2D eigenvalue weighted by Gasteiger charge is -2.12. The Morgan fingerprint density at radius 2 is 1.95 bits per heavy atom. The molecule has 1 N–H and O–H groups in total. The molecule has 0 radical (unpaired) electrons. The summed E-state index contributed by atoms with van der Waals surface area (Å²) in [7, 11) is 0. The summed E-state index contributed by atoms with van der Waals surface area (Å²) in [6.45, 7) is 6.98. The van der Waals surface area contributed by atoms with Crippen molar-refractivity contribution in [1.82, 2.24) is 9.36 Å². The molecule has 1 aromatic heterocycles. The Kier molecular flexibility index (Phi) is 3.82. The lowest BCUT2D eigenvalue weighted by molar-refractivity contribution is 0.555. The highest BCUT2D eigenvalue weighted by atomic mass is 32.1. The maximum atomic E-state index is 8.73. The van der Waals surface area contributed by atoms with Crippen LogP contribution in [0.25, 0.3) is 0 Å². The van der Waals surface area contributed by atoms with Gasteiger partial charge in [0.1, 0.15) is 5.82 Å². The Labute approximate surface area is 117 Å². The average molecular weight is 272 g/mol. The lowest BCUT2D eigenvalue weighted by atomic mass is 9.96. The van der Waals surface area contributed by atoms with E-state index in [4.69, 9.17) is 5.26 Å². The molecule has 98 valence electrons. The SMILES string of the molecule is CC(C)(C)c1nsc(NCc2ccc(C#N)cc2)n1. The molecule has 2 aromatic rings. The number of nitrogens with zero attached hydrogens (tertiary/aromatic N) is 3. The quantitative estimate of drug-likeness (QED) is 0.931. The van der Waals surface area contributed by atoms with Crippen molar-refractivity contribution >= 4 is 16.7 Å². The van der Waals surface area contributed by atoms with Crippen molar-refractivity contribution in [2.75, 3.05) is 5.32 Å². The second-order valence-corrected chi connectivity index (χ2v) is 6.09. The van der Waals surface area contributed by atoms with E-state index in [2.05, 4.69) is 41.5 Å². The highest BCUT2D eigenvalue weighted by molar-refractivity contribution is 7.09. The molecule has 19 heavy (non-hydrogen) atoms. The molecule has 0 fully saturated rings. The predicted molar refractivity (Wildman–Crippen MR) is 77.1 cm³/mol. The molecule has 0 spiro atoms. The number of hydrogen-bond acceptors (Lipinski definition) is 5. The van der Waals surface area contributed by atoms with Gasteiger partial charge in [0.25, 0.3) is 0 Å². The van der Waals surface area contributed by atoms with Gasteiger partial charge < -0.3 is 5.32 Å². The van der Waals surface area contributed by atoms with E-state index in [1.54, 1.807) is 0 Å². The number of benzene rings is 1. The van der Waals surface area contributed by atoms with Gasteiger partial charge in [-0.2, -0.15) is 9.64 Å². The Morgan fingerprint density at radius 1 is 1.26 bits per heavy atom. The molecule has 0 aliphatic heterocycles. The third-order valence-electron chi connectivity index (χ3n) is 2.62. The molecule has 0 amide bonds. The van der Waals surface area contributed by atoms with Crippen LogP contribution in [-0.4, -0.2) is 9.36 Å². The molecule has 0 saturated carbocycles. The monoisotopic (exact) mass is 272 g/mol. The molecule has 1 heterocycles. The normalized spacial score (nSPS) is 11.1. The standard InChI is InChI=1S/C14H16N4S/c1-14(2,3)12-17-13(19-18-12)16-9-11-6-4-10(8-15)5-7-11/h4-7H,9H2,1-3H3,(H,16,17,18). The molecule has 0 unspecified atom stereocenters. The fraction of sp³-hybridized carbons (Fsp3) is 0.357. The Balaban J connectivity index is 1.99. The zero-order chi connectivity index (χ0) is 13.9. The van der Waals surface area contributed by atoms with Crippen LogP contribution in [0.1, 0.15) is 37.7 Å². The van der Waals surface area contributed by atoms with Crippen LogP contribution in [0, 0.1) is 11.3 Å². The number of aromatic nitrogens is 2. The molecule has 0 aliphatic rings. The average Bonchev–Trinajstić information content (AvgIpc) is 2.86. The first-order valence-electron chi connectivity index (χ1n) is 6.06. The Bertz CT molecular complexity index is 587. The van der Waals surface area contributed by atoms with E-state index < -0.39 is 0 Å². The third-order valence-corrected chi connectivity index (χ3v) is 3.30. The molecule has 0 saturated heterocycles. The van der Waals surface area contributed by atoms with Crippen LogP contribution < -0.4 is 5.32 Å². The summed E-state index contributed by atoms with van der Waals surface area (Å²) in [6, 6.07) is 9.62. The fourth-order valence-corrected chi connectivity index (χ4v) is 2.23. The summed E-state index contributed by atoms with van der Waals surface area (Å²) in [4.78, 5) is 4.47.